The first-order chi connectivity index (χ1) is 13.3. The van der Waals surface area contributed by atoms with Gasteiger partial charge in [-0.25, -0.2) is 8.42 Å². The van der Waals surface area contributed by atoms with E-state index in [9.17, 15) is 13.2 Å². The first-order valence-electron chi connectivity index (χ1n) is 8.85. The summed E-state index contributed by atoms with van der Waals surface area (Å²) in [7, 11) is -1.94. The first-order valence-corrected chi connectivity index (χ1v) is 11.9. The Morgan fingerprint density at radius 2 is 1.93 bits per heavy atom. The van der Waals surface area contributed by atoms with Crippen molar-refractivity contribution in [1.29, 1.82) is 0 Å². The number of aryl methyl sites for hydroxylation is 1. The highest BCUT2D eigenvalue weighted by atomic mass is 32.2. The van der Waals surface area contributed by atoms with Crippen molar-refractivity contribution in [1.82, 2.24) is 5.32 Å². The van der Waals surface area contributed by atoms with Crippen molar-refractivity contribution in [2.45, 2.75) is 17.7 Å². The van der Waals surface area contributed by atoms with Crippen LogP contribution >= 0.6 is 11.8 Å². The molecule has 152 valence electrons. The monoisotopic (exact) mass is 422 g/mol. The van der Waals surface area contributed by atoms with Crippen LogP contribution in [0.5, 0.6) is 5.75 Å². The Morgan fingerprint density at radius 3 is 2.61 bits per heavy atom. The van der Waals surface area contributed by atoms with Gasteiger partial charge >= 0.3 is 0 Å². The minimum absolute atomic E-state index is 0.245. The normalized spacial score (nSPS) is 11.1. The van der Waals surface area contributed by atoms with Gasteiger partial charge in [0.25, 0.3) is 0 Å². The smallest absolute Gasteiger partial charge is 0.240 e. The molecule has 0 aliphatic carbocycles. The number of benzene rings is 2. The summed E-state index contributed by atoms with van der Waals surface area (Å²) in [6.45, 7) is 0.213. The largest absolute Gasteiger partial charge is 0.496 e. The molecule has 0 bridgehead atoms. The highest BCUT2D eigenvalue weighted by Crippen LogP contribution is 2.24. The number of methoxy groups -OCH3 is 1. The quantitative estimate of drug-likeness (QED) is 0.471. The van der Waals surface area contributed by atoms with Crippen LogP contribution in [-0.4, -0.2) is 47.0 Å². The van der Waals surface area contributed by atoms with Gasteiger partial charge in [-0.05, 0) is 48.9 Å². The number of carbonyl (C=O) groups is 1. The fraction of sp³-hybridized carbons (Fsp3) is 0.350. The molecule has 28 heavy (non-hydrogen) atoms. The van der Waals surface area contributed by atoms with E-state index in [4.69, 9.17) is 4.74 Å². The maximum Gasteiger partial charge on any atom is 0.240 e. The second-order valence-corrected chi connectivity index (χ2v) is 9.02. The van der Waals surface area contributed by atoms with Crippen LogP contribution in [0.15, 0.2) is 53.4 Å². The molecule has 1 N–H and O–H groups in total. The van der Waals surface area contributed by atoms with Crippen LogP contribution in [-0.2, 0) is 21.2 Å². The molecule has 0 saturated carbocycles. The van der Waals surface area contributed by atoms with E-state index in [0.717, 1.165) is 39.6 Å². The molecule has 0 atom stereocenters. The molecule has 0 radical (unpaired) electrons. The molecular weight excluding hydrogens is 396 g/mol. The molecule has 0 fully saturated rings. The SMILES string of the molecule is COc1ccccc1CCCNC(=O)CN(c1cccc(SC)c1)S(C)(=O)=O. The summed E-state index contributed by atoms with van der Waals surface area (Å²) in [5.74, 6) is 0.491. The zero-order valence-electron chi connectivity index (χ0n) is 16.3. The lowest BCUT2D eigenvalue weighted by Crippen LogP contribution is -2.40. The first kappa shape index (κ1) is 22.1. The van der Waals surface area contributed by atoms with Crippen molar-refractivity contribution in [3.8, 4) is 5.75 Å². The summed E-state index contributed by atoms with van der Waals surface area (Å²) in [6, 6.07) is 14.9. The number of hydrogen-bond donors (Lipinski definition) is 1. The van der Waals surface area contributed by atoms with E-state index in [1.165, 1.54) is 11.8 Å². The van der Waals surface area contributed by atoms with Gasteiger partial charge in [0.2, 0.25) is 15.9 Å². The molecule has 2 aromatic rings. The molecule has 0 spiro atoms. The Labute approximate surface area is 171 Å². The van der Waals surface area contributed by atoms with Gasteiger partial charge in [-0.1, -0.05) is 24.3 Å². The van der Waals surface area contributed by atoms with Gasteiger partial charge in [-0.2, -0.15) is 0 Å². The number of para-hydroxylation sites is 1. The molecule has 2 aromatic carbocycles. The molecule has 0 aliphatic rings. The lowest BCUT2D eigenvalue weighted by Gasteiger charge is -2.22. The Kier molecular flexibility index (Phi) is 8.19. The van der Waals surface area contributed by atoms with Crippen molar-refractivity contribution in [2.75, 3.05) is 37.0 Å². The van der Waals surface area contributed by atoms with Crippen LogP contribution < -0.4 is 14.4 Å². The van der Waals surface area contributed by atoms with E-state index < -0.39 is 10.0 Å². The minimum Gasteiger partial charge on any atom is -0.496 e. The zero-order chi connectivity index (χ0) is 20.6. The predicted molar refractivity (Wildman–Crippen MR) is 115 cm³/mol. The Morgan fingerprint density at radius 1 is 1.18 bits per heavy atom. The number of hydrogen-bond acceptors (Lipinski definition) is 5. The third-order valence-corrected chi connectivity index (χ3v) is 6.03. The van der Waals surface area contributed by atoms with Crippen LogP contribution in [0.2, 0.25) is 0 Å². The summed E-state index contributed by atoms with van der Waals surface area (Å²) in [5, 5.41) is 2.80. The van der Waals surface area contributed by atoms with E-state index in [1.807, 2.05) is 36.6 Å². The lowest BCUT2D eigenvalue weighted by molar-refractivity contribution is -0.119. The third-order valence-electron chi connectivity index (χ3n) is 4.17. The Balaban J connectivity index is 1.93. The van der Waals surface area contributed by atoms with Gasteiger partial charge in [0.1, 0.15) is 12.3 Å². The number of ether oxygens (including phenoxy) is 1. The summed E-state index contributed by atoms with van der Waals surface area (Å²) in [4.78, 5) is 13.2. The van der Waals surface area contributed by atoms with Crippen LogP contribution in [0, 0.1) is 0 Å². The molecule has 0 heterocycles. The summed E-state index contributed by atoms with van der Waals surface area (Å²) >= 11 is 1.52. The standard InChI is InChI=1S/C20H26N2O4S2/c1-26-19-12-5-4-8-16(19)9-7-13-21-20(23)15-22(28(3,24)25)17-10-6-11-18(14-17)27-2/h4-6,8,10-12,14H,7,9,13,15H2,1-3H3,(H,21,23). The van der Waals surface area contributed by atoms with Crippen LogP contribution in [0.25, 0.3) is 0 Å². The van der Waals surface area contributed by atoms with Gasteiger partial charge in [-0.15, -0.1) is 11.8 Å². The van der Waals surface area contributed by atoms with Gasteiger partial charge in [0.15, 0.2) is 0 Å². The number of nitrogens with one attached hydrogen (secondary N) is 1. The van der Waals surface area contributed by atoms with Crippen molar-refractivity contribution in [3.63, 3.8) is 0 Å². The van der Waals surface area contributed by atoms with Gasteiger partial charge in [0, 0.05) is 11.4 Å². The fourth-order valence-corrected chi connectivity index (χ4v) is 4.07. The van der Waals surface area contributed by atoms with Crippen molar-refractivity contribution < 1.29 is 17.9 Å². The fourth-order valence-electron chi connectivity index (χ4n) is 2.77. The van der Waals surface area contributed by atoms with Gasteiger partial charge in [-0.3, -0.25) is 9.10 Å². The van der Waals surface area contributed by atoms with Crippen molar-refractivity contribution >= 4 is 33.4 Å². The lowest BCUT2D eigenvalue weighted by atomic mass is 10.1. The number of rotatable bonds is 10. The van der Waals surface area contributed by atoms with Gasteiger partial charge in [0.05, 0.1) is 19.1 Å². The maximum atomic E-state index is 12.3. The number of sulfonamides is 1. The molecule has 6 nitrogen and oxygen atoms in total. The van der Waals surface area contributed by atoms with Gasteiger partial charge < -0.3 is 10.1 Å². The molecule has 8 heteroatoms. The molecule has 0 saturated heterocycles. The van der Waals surface area contributed by atoms with E-state index >= 15 is 0 Å². The minimum atomic E-state index is -3.57. The third kappa shape index (κ3) is 6.45. The van der Waals surface area contributed by atoms with Crippen molar-refractivity contribution in [3.05, 3.63) is 54.1 Å². The van der Waals surface area contributed by atoms with E-state index in [2.05, 4.69) is 5.32 Å². The van der Waals surface area contributed by atoms with E-state index in [0.29, 0.717) is 12.2 Å². The molecular formula is C20H26N2O4S2. The molecule has 1 amide bonds. The Bertz CT molecular complexity index is 901. The average molecular weight is 423 g/mol. The number of amides is 1. The topological polar surface area (TPSA) is 75.7 Å². The number of anilines is 1. The predicted octanol–water partition coefficient (Wildman–Crippen LogP) is 2.93. The molecule has 0 aromatic heterocycles. The number of nitrogens with zero attached hydrogens (tertiary/aromatic N) is 1. The van der Waals surface area contributed by atoms with E-state index in [1.54, 1.807) is 25.3 Å². The summed E-state index contributed by atoms with van der Waals surface area (Å²) < 4.78 is 30.8. The highest BCUT2D eigenvalue weighted by molar-refractivity contribution is 7.98. The summed E-state index contributed by atoms with van der Waals surface area (Å²) in [6.07, 6.45) is 4.51. The highest BCUT2D eigenvalue weighted by Gasteiger charge is 2.21. The second-order valence-electron chi connectivity index (χ2n) is 6.24. The van der Waals surface area contributed by atoms with Crippen LogP contribution in [0.1, 0.15) is 12.0 Å². The molecule has 2 rings (SSSR count). The van der Waals surface area contributed by atoms with Crippen molar-refractivity contribution in [2.24, 2.45) is 0 Å². The van der Waals surface area contributed by atoms with E-state index in [-0.39, 0.29) is 12.5 Å². The van der Waals surface area contributed by atoms with Crippen LogP contribution in [0.4, 0.5) is 5.69 Å². The Hall–Kier alpha value is -2.19. The van der Waals surface area contributed by atoms with Crippen LogP contribution in [0.3, 0.4) is 0 Å². The molecule has 0 unspecified atom stereocenters. The average Bonchev–Trinajstić information content (AvgIpc) is 2.68. The number of thioether (sulfide) groups is 1. The second kappa shape index (κ2) is 10.4. The number of carbonyl (C=O) groups excluding carboxylic acids is 1. The molecule has 0 aliphatic heterocycles. The maximum absolute atomic E-state index is 12.3. The zero-order valence-corrected chi connectivity index (χ0v) is 18.0. The summed E-state index contributed by atoms with van der Waals surface area (Å²) in [5.41, 5.74) is 1.56.